The van der Waals surface area contributed by atoms with Crippen LogP contribution in [0.1, 0.15) is 44.4 Å². The fourth-order valence-corrected chi connectivity index (χ4v) is 4.82. The normalized spacial score (nSPS) is 24.3. The summed E-state index contributed by atoms with van der Waals surface area (Å²) in [6.07, 6.45) is -3.98. The molecule has 2 aromatic rings. The zero-order chi connectivity index (χ0) is 27.1. The Bertz CT molecular complexity index is 1210. The Labute approximate surface area is 214 Å². The van der Waals surface area contributed by atoms with E-state index in [0.717, 1.165) is 0 Å². The smallest absolute Gasteiger partial charge is 0.385 e. The maximum Gasteiger partial charge on any atom is 0.491 e. The zero-order valence-corrected chi connectivity index (χ0v) is 20.8. The maximum absolute atomic E-state index is 15.4. The van der Waals surface area contributed by atoms with Crippen LogP contribution in [0.25, 0.3) is 0 Å². The Kier molecular flexibility index (Phi) is 7.70. The number of esters is 2. The molecule has 0 unspecified atom stereocenters. The number of nitrogens with one attached hydrogen (secondary N) is 1. The van der Waals surface area contributed by atoms with Crippen molar-refractivity contribution in [3.8, 4) is 6.07 Å². The Morgan fingerprint density at radius 1 is 1.19 bits per heavy atom. The molecule has 1 aliphatic rings. The van der Waals surface area contributed by atoms with Crippen LogP contribution in [0.5, 0.6) is 0 Å². The van der Waals surface area contributed by atoms with Gasteiger partial charge in [-0.1, -0.05) is 56.1 Å². The SMILES string of the molecule is CC(C)(C)C[C@@H]1N[C@@H](C(=O)OC(=O)C(F)(F)F)[C@H](c2cccc(Cl)c2F)[C@@]1(C#N)c1ccc(Cl)cn1. The van der Waals surface area contributed by atoms with E-state index in [2.05, 4.69) is 21.1 Å². The van der Waals surface area contributed by atoms with Crippen LogP contribution in [0.3, 0.4) is 0 Å². The fourth-order valence-electron chi connectivity index (χ4n) is 4.52. The number of halogens is 6. The third-order valence-corrected chi connectivity index (χ3v) is 6.42. The molecule has 2 heterocycles. The van der Waals surface area contributed by atoms with E-state index in [0.29, 0.717) is 0 Å². The first-order valence-corrected chi connectivity index (χ1v) is 11.4. The highest BCUT2D eigenvalue weighted by atomic mass is 35.5. The number of carbonyl (C=O) groups excluding carboxylic acids is 2. The maximum atomic E-state index is 15.4. The second kappa shape index (κ2) is 9.96. The van der Waals surface area contributed by atoms with Crippen molar-refractivity contribution in [3.05, 3.63) is 63.6 Å². The predicted octanol–water partition coefficient (Wildman–Crippen LogP) is 5.48. The van der Waals surface area contributed by atoms with Crippen LogP contribution in [0, 0.1) is 22.6 Å². The summed E-state index contributed by atoms with van der Waals surface area (Å²) in [6, 6.07) is 6.24. The number of rotatable bonds is 4. The van der Waals surface area contributed by atoms with E-state index >= 15 is 4.39 Å². The van der Waals surface area contributed by atoms with Crippen molar-refractivity contribution >= 4 is 35.1 Å². The van der Waals surface area contributed by atoms with Crippen LogP contribution in [-0.4, -0.2) is 35.2 Å². The Hall–Kier alpha value is -2.74. The average Bonchev–Trinajstić information content (AvgIpc) is 3.08. The van der Waals surface area contributed by atoms with Gasteiger partial charge >= 0.3 is 18.1 Å². The van der Waals surface area contributed by atoms with E-state index in [1.54, 1.807) is 0 Å². The van der Waals surface area contributed by atoms with Gasteiger partial charge in [0.1, 0.15) is 17.3 Å². The van der Waals surface area contributed by atoms with Crippen molar-refractivity contribution in [2.45, 2.75) is 56.8 Å². The molecule has 12 heteroatoms. The van der Waals surface area contributed by atoms with Gasteiger partial charge in [-0.15, -0.1) is 0 Å². The standard InChI is InChI=1S/C24H21Cl2F4N3O3/c1-22(2,3)9-16-23(11-31,15-8-7-12(25)10-32-15)17(13-5-4-6-14(26)18(13)27)19(33-16)20(34)36-21(35)24(28,29)30/h4-8,10,16-17,19,33H,9H2,1-3H3/t16-,17-,19+,23-/m0/s1. The molecular formula is C24H21Cl2F4N3O3. The number of nitrogens with zero attached hydrogens (tertiary/aromatic N) is 2. The van der Waals surface area contributed by atoms with Crippen LogP contribution in [0.4, 0.5) is 17.6 Å². The average molecular weight is 546 g/mol. The van der Waals surface area contributed by atoms with Crippen LogP contribution in [0.15, 0.2) is 36.5 Å². The molecule has 1 aromatic heterocycles. The molecule has 1 N–H and O–H groups in total. The first-order chi connectivity index (χ1) is 16.6. The van der Waals surface area contributed by atoms with Crippen LogP contribution in [0.2, 0.25) is 10.0 Å². The molecule has 4 atom stereocenters. The lowest BCUT2D eigenvalue weighted by molar-refractivity contribution is -0.202. The molecule has 0 bridgehead atoms. The monoisotopic (exact) mass is 545 g/mol. The van der Waals surface area contributed by atoms with Gasteiger partial charge in [-0.05, 0) is 35.6 Å². The zero-order valence-electron chi connectivity index (χ0n) is 19.3. The molecule has 0 radical (unpaired) electrons. The largest absolute Gasteiger partial charge is 0.491 e. The lowest BCUT2D eigenvalue weighted by Crippen LogP contribution is -2.44. The Morgan fingerprint density at radius 3 is 2.39 bits per heavy atom. The number of carbonyl (C=O) groups is 2. The molecule has 1 aromatic carbocycles. The van der Waals surface area contributed by atoms with Gasteiger partial charge in [0.05, 0.1) is 21.8 Å². The van der Waals surface area contributed by atoms with Gasteiger partial charge in [0, 0.05) is 18.2 Å². The second-order valence-electron chi connectivity index (χ2n) is 9.63. The number of hydrogen-bond acceptors (Lipinski definition) is 6. The topological polar surface area (TPSA) is 92.1 Å². The first kappa shape index (κ1) is 27.8. The number of benzene rings is 1. The highest BCUT2D eigenvalue weighted by molar-refractivity contribution is 6.31. The van der Waals surface area contributed by atoms with Crippen LogP contribution < -0.4 is 5.32 Å². The van der Waals surface area contributed by atoms with Gasteiger partial charge < -0.3 is 4.74 Å². The third kappa shape index (κ3) is 5.33. The number of hydrogen-bond donors (Lipinski definition) is 1. The summed E-state index contributed by atoms with van der Waals surface area (Å²) in [6.45, 7) is 5.54. The van der Waals surface area contributed by atoms with E-state index in [9.17, 15) is 28.0 Å². The van der Waals surface area contributed by atoms with Crippen molar-refractivity contribution in [2.75, 3.05) is 0 Å². The fraction of sp³-hybridized carbons (Fsp3) is 0.417. The number of ether oxygens (including phenoxy) is 1. The molecule has 192 valence electrons. The lowest BCUT2D eigenvalue weighted by Gasteiger charge is -2.36. The molecular weight excluding hydrogens is 525 g/mol. The molecule has 0 amide bonds. The molecule has 0 aliphatic carbocycles. The van der Waals surface area contributed by atoms with Gasteiger partial charge in [0.15, 0.2) is 0 Å². The summed E-state index contributed by atoms with van der Waals surface area (Å²) in [5.74, 6) is -6.80. The molecule has 36 heavy (non-hydrogen) atoms. The van der Waals surface area contributed by atoms with Crippen molar-refractivity contribution < 1.29 is 31.9 Å². The summed E-state index contributed by atoms with van der Waals surface area (Å²) in [5, 5.41) is 13.4. The highest BCUT2D eigenvalue weighted by Crippen LogP contribution is 2.51. The number of pyridine rings is 1. The first-order valence-electron chi connectivity index (χ1n) is 10.7. The van der Waals surface area contributed by atoms with Gasteiger partial charge in [-0.3, -0.25) is 10.3 Å². The van der Waals surface area contributed by atoms with Crippen molar-refractivity contribution in [2.24, 2.45) is 5.41 Å². The van der Waals surface area contributed by atoms with Gasteiger partial charge in [-0.2, -0.15) is 18.4 Å². The van der Waals surface area contributed by atoms with E-state index < -0.39 is 52.8 Å². The Morgan fingerprint density at radius 2 is 1.86 bits per heavy atom. The second-order valence-corrected chi connectivity index (χ2v) is 10.5. The van der Waals surface area contributed by atoms with E-state index in [-0.39, 0.29) is 27.7 Å². The van der Waals surface area contributed by atoms with Crippen molar-refractivity contribution in [1.82, 2.24) is 10.3 Å². The van der Waals surface area contributed by atoms with Gasteiger partial charge in [-0.25, -0.2) is 14.0 Å². The summed E-state index contributed by atoms with van der Waals surface area (Å²) < 4.78 is 58.0. The molecule has 1 aliphatic heterocycles. The van der Waals surface area contributed by atoms with Gasteiger partial charge in [0.25, 0.3) is 0 Å². The molecule has 0 saturated carbocycles. The van der Waals surface area contributed by atoms with Crippen LogP contribution >= 0.6 is 23.2 Å². The third-order valence-electron chi connectivity index (χ3n) is 5.90. The van der Waals surface area contributed by atoms with Crippen molar-refractivity contribution in [1.29, 1.82) is 5.26 Å². The summed E-state index contributed by atoms with van der Waals surface area (Å²) >= 11 is 12.0. The van der Waals surface area contributed by atoms with E-state index in [4.69, 9.17) is 23.2 Å². The molecule has 3 rings (SSSR count). The van der Waals surface area contributed by atoms with E-state index in [1.165, 1.54) is 36.5 Å². The minimum atomic E-state index is -5.44. The Balaban J connectivity index is 2.29. The lowest BCUT2D eigenvalue weighted by atomic mass is 9.64. The molecule has 0 spiro atoms. The molecule has 6 nitrogen and oxygen atoms in total. The molecule has 1 fully saturated rings. The summed E-state index contributed by atoms with van der Waals surface area (Å²) in [7, 11) is 0. The minimum Gasteiger partial charge on any atom is -0.385 e. The summed E-state index contributed by atoms with van der Waals surface area (Å²) in [5.41, 5.74) is -2.40. The predicted molar refractivity (Wildman–Crippen MR) is 123 cm³/mol. The highest BCUT2D eigenvalue weighted by Gasteiger charge is 2.62. The number of alkyl halides is 3. The summed E-state index contributed by atoms with van der Waals surface area (Å²) in [4.78, 5) is 28.7. The minimum absolute atomic E-state index is 0.0953. The van der Waals surface area contributed by atoms with E-state index in [1.807, 2.05) is 20.8 Å². The van der Waals surface area contributed by atoms with Crippen LogP contribution in [-0.2, 0) is 19.7 Å². The van der Waals surface area contributed by atoms with Gasteiger partial charge in [0.2, 0.25) is 0 Å². The number of nitriles is 1. The number of aromatic nitrogens is 1. The quantitative estimate of drug-likeness (QED) is 0.310. The molecule has 1 saturated heterocycles. The van der Waals surface area contributed by atoms with Crippen molar-refractivity contribution in [3.63, 3.8) is 0 Å².